The summed E-state index contributed by atoms with van der Waals surface area (Å²) in [5.74, 6) is 0.924. The van der Waals surface area contributed by atoms with Crippen LogP contribution < -0.4 is 0 Å². The van der Waals surface area contributed by atoms with Crippen LogP contribution in [0.1, 0.15) is 24.5 Å². The SMILES string of the molecule is CCC1Cc2ccccc2C1. The van der Waals surface area contributed by atoms with Gasteiger partial charge in [0.1, 0.15) is 0 Å². The van der Waals surface area contributed by atoms with Crippen molar-refractivity contribution in [2.24, 2.45) is 5.92 Å². The molecular formula is C11H14. The van der Waals surface area contributed by atoms with Gasteiger partial charge in [0, 0.05) is 0 Å². The summed E-state index contributed by atoms with van der Waals surface area (Å²) in [7, 11) is 0. The van der Waals surface area contributed by atoms with Crippen LogP contribution in [0.25, 0.3) is 0 Å². The van der Waals surface area contributed by atoms with E-state index in [1.807, 2.05) is 0 Å². The molecule has 2 rings (SSSR count). The van der Waals surface area contributed by atoms with E-state index < -0.39 is 0 Å². The second kappa shape index (κ2) is 2.69. The molecule has 0 amide bonds. The summed E-state index contributed by atoms with van der Waals surface area (Å²) in [6, 6.07) is 8.84. The minimum Gasteiger partial charge on any atom is -0.0651 e. The summed E-state index contributed by atoms with van der Waals surface area (Å²) in [5, 5.41) is 0. The van der Waals surface area contributed by atoms with E-state index in [1.165, 1.54) is 19.3 Å². The van der Waals surface area contributed by atoms with Gasteiger partial charge in [0.2, 0.25) is 0 Å². The monoisotopic (exact) mass is 146 g/mol. The van der Waals surface area contributed by atoms with Gasteiger partial charge in [0.25, 0.3) is 0 Å². The Labute approximate surface area is 68.3 Å². The first-order valence-corrected chi connectivity index (χ1v) is 4.47. The van der Waals surface area contributed by atoms with Crippen molar-refractivity contribution in [2.75, 3.05) is 0 Å². The van der Waals surface area contributed by atoms with Crippen LogP contribution in [-0.2, 0) is 12.8 Å². The minimum absolute atomic E-state index is 0.924. The van der Waals surface area contributed by atoms with Crippen molar-refractivity contribution in [3.05, 3.63) is 35.4 Å². The van der Waals surface area contributed by atoms with Crippen molar-refractivity contribution < 1.29 is 0 Å². The molecule has 0 heterocycles. The van der Waals surface area contributed by atoms with Crippen LogP contribution in [0.15, 0.2) is 24.3 Å². The second-order valence-electron chi connectivity index (χ2n) is 3.45. The van der Waals surface area contributed by atoms with Crippen LogP contribution in [0, 0.1) is 5.92 Å². The Balaban J connectivity index is 2.27. The molecule has 0 unspecified atom stereocenters. The van der Waals surface area contributed by atoms with Gasteiger partial charge >= 0.3 is 0 Å². The number of hydrogen-bond donors (Lipinski definition) is 0. The van der Waals surface area contributed by atoms with Crippen molar-refractivity contribution in [1.29, 1.82) is 0 Å². The van der Waals surface area contributed by atoms with Crippen LogP contribution >= 0.6 is 0 Å². The predicted molar refractivity (Wildman–Crippen MR) is 47.6 cm³/mol. The Bertz CT molecular complexity index is 225. The van der Waals surface area contributed by atoms with E-state index >= 15 is 0 Å². The first kappa shape index (κ1) is 6.90. The zero-order valence-electron chi connectivity index (χ0n) is 7.01. The van der Waals surface area contributed by atoms with E-state index in [4.69, 9.17) is 0 Å². The van der Waals surface area contributed by atoms with E-state index in [0.29, 0.717) is 0 Å². The molecular weight excluding hydrogens is 132 g/mol. The Morgan fingerprint density at radius 2 is 1.73 bits per heavy atom. The molecule has 0 heteroatoms. The highest BCUT2D eigenvalue weighted by atomic mass is 14.2. The molecule has 0 aliphatic heterocycles. The third kappa shape index (κ3) is 1.18. The van der Waals surface area contributed by atoms with Crippen LogP contribution in [0.4, 0.5) is 0 Å². The van der Waals surface area contributed by atoms with E-state index in [0.717, 1.165) is 5.92 Å². The van der Waals surface area contributed by atoms with Gasteiger partial charge in [-0.05, 0) is 29.9 Å². The van der Waals surface area contributed by atoms with Crippen LogP contribution in [0.5, 0.6) is 0 Å². The molecule has 1 aliphatic rings. The Morgan fingerprint density at radius 1 is 1.18 bits per heavy atom. The number of hydrogen-bond acceptors (Lipinski definition) is 0. The Kier molecular flexibility index (Phi) is 1.69. The van der Waals surface area contributed by atoms with Gasteiger partial charge in [0.05, 0.1) is 0 Å². The summed E-state index contributed by atoms with van der Waals surface area (Å²) in [4.78, 5) is 0. The van der Waals surface area contributed by atoms with Crippen molar-refractivity contribution in [2.45, 2.75) is 26.2 Å². The number of rotatable bonds is 1. The fraction of sp³-hybridized carbons (Fsp3) is 0.455. The average Bonchev–Trinajstić information content (AvgIpc) is 2.46. The van der Waals surface area contributed by atoms with Crippen LogP contribution in [0.2, 0.25) is 0 Å². The van der Waals surface area contributed by atoms with E-state index in [1.54, 1.807) is 11.1 Å². The van der Waals surface area contributed by atoms with Crippen molar-refractivity contribution in [3.8, 4) is 0 Å². The summed E-state index contributed by atoms with van der Waals surface area (Å²) in [6.07, 6.45) is 3.95. The molecule has 11 heavy (non-hydrogen) atoms. The van der Waals surface area contributed by atoms with Gasteiger partial charge in [-0.3, -0.25) is 0 Å². The molecule has 1 aromatic carbocycles. The minimum atomic E-state index is 0.924. The molecule has 0 atom stereocenters. The second-order valence-corrected chi connectivity index (χ2v) is 3.45. The summed E-state index contributed by atoms with van der Waals surface area (Å²) < 4.78 is 0. The molecule has 0 spiro atoms. The molecule has 1 aliphatic carbocycles. The lowest BCUT2D eigenvalue weighted by Crippen LogP contribution is -1.95. The molecule has 0 fully saturated rings. The normalized spacial score (nSPS) is 16.8. The topological polar surface area (TPSA) is 0 Å². The smallest absolute Gasteiger partial charge is 0.0245 e. The van der Waals surface area contributed by atoms with Crippen molar-refractivity contribution in [1.82, 2.24) is 0 Å². The quantitative estimate of drug-likeness (QED) is 0.571. The van der Waals surface area contributed by atoms with Gasteiger partial charge in [-0.1, -0.05) is 37.6 Å². The Hall–Kier alpha value is -0.780. The van der Waals surface area contributed by atoms with Gasteiger partial charge in [-0.25, -0.2) is 0 Å². The molecule has 0 saturated carbocycles. The first-order valence-electron chi connectivity index (χ1n) is 4.47. The fourth-order valence-corrected chi connectivity index (χ4v) is 1.94. The highest BCUT2D eigenvalue weighted by molar-refractivity contribution is 5.31. The van der Waals surface area contributed by atoms with Crippen LogP contribution in [-0.4, -0.2) is 0 Å². The molecule has 0 nitrogen and oxygen atoms in total. The van der Waals surface area contributed by atoms with Gasteiger partial charge in [-0.15, -0.1) is 0 Å². The van der Waals surface area contributed by atoms with Gasteiger partial charge in [0.15, 0.2) is 0 Å². The maximum absolute atomic E-state index is 2.29. The van der Waals surface area contributed by atoms with E-state index in [9.17, 15) is 0 Å². The highest BCUT2D eigenvalue weighted by Crippen LogP contribution is 2.27. The summed E-state index contributed by atoms with van der Waals surface area (Å²) >= 11 is 0. The van der Waals surface area contributed by atoms with E-state index in [-0.39, 0.29) is 0 Å². The molecule has 1 aromatic rings. The molecule has 0 aromatic heterocycles. The number of benzene rings is 1. The highest BCUT2D eigenvalue weighted by Gasteiger charge is 2.18. The Morgan fingerprint density at radius 3 is 2.18 bits per heavy atom. The molecule has 0 radical (unpaired) electrons. The predicted octanol–water partition coefficient (Wildman–Crippen LogP) is 2.81. The fourth-order valence-electron chi connectivity index (χ4n) is 1.94. The number of fused-ring (bicyclic) bond motifs is 1. The standard InChI is InChI=1S/C11H14/c1-2-9-7-10-5-3-4-6-11(10)8-9/h3-6,9H,2,7-8H2,1H3. The zero-order valence-corrected chi connectivity index (χ0v) is 7.01. The third-order valence-corrected chi connectivity index (χ3v) is 2.71. The van der Waals surface area contributed by atoms with Crippen LogP contribution in [0.3, 0.4) is 0 Å². The maximum atomic E-state index is 2.29. The van der Waals surface area contributed by atoms with Crippen molar-refractivity contribution in [3.63, 3.8) is 0 Å². The van der Waals surface area contributed by atoms with Gasteiger partial charge < -0.3 is 0 Å². The van der Waals surface area contributed by atoms with Gasteiger partial charge in [-0.2, -0.15) is 0 Å². The lowest BCUT2D eigenvalue weighted by molar-refractivity contribution is 0.543. The molecule has 0 saturated heterocycles. The van der Waals surface area contributed by atoms with E-state index in [2.05, 4.69) is 31.2 Å². The van der Waals surface area contributed by atoms with Crippen molar-refractivity contribution >= 4 is 0 Å². The third-order valence-electron chi connectivity index (χ3n) is 2.71. The molecule has 0 bridgehead atoms. The lowest BCUT2D eigenvalue weighted by Gasteiger charge is -2.01. The maximum Gasteiger partial charge on any atom is -0.0245 e. The first-order chi connectivity index (χ1) is 5.40. The molecule has 58 valence electrons. The largest absolute Gasteiger partial charge is 0.0651 e. The average molecular weight is 146 g/mol. The summed E-state index contributed by atoms with van der Waals surface area (Å²) in [6.45, 7) is 2.29. The summed E-state index contributed by atoms with van der Waals surface area (Å²) in [5.41, 5.74) is 3.17. The molecule has 0 N–H and O–H groups in total. The lowest BCUT2D eigenvalue weighted by atomic mass is 10.0. The zero-order chi connectivity index (χ0) is 7.68.